The van der Waals surface area contributed by atoms with E-state index in [1.165, 1.54) is 6.07 Å². The summed E-state index contributed by atoms with van der Waals surface area (Å²) in [7, 11) is 0. The molecule has 128 valence electrons. The Morgan fingerprint density at radius 1 is 1.25 bits per heavy atom. The second-order valence-electron chi connectivity index (χ2n) is 4.67. The molecule has 24 heavy (non-hydrogen) atoms. The van der Waals surface area contributed by atoms with Gasteiger partial charge in [-0.05, 0) is 29.6 Å². The highest BCUT2D eigenvalue weighted by Crippen LogP contribution is 2.31. The van der Waals surface area contributed by atoms with Gasteiger partial charge in [0.15, 0.2) is 12.6 Å². The van der Waals surface area contributed by atoms with Gasteiger partial charge in [-0.1, -0.05) is 12.1 Å². The number of hydrogen-bond donors (Lipinski definition) is 2. The third-order valence-corrected chi connectivity index (χ3v) is 3.85. The smallest absolute Gasteiger partial charge is 0.416 e. The van der Waals surface area contributed by atoms with E-state index in [1.807, 2.05) is 0 Å². The van der Waals surface area contributed by atoms with Crippen LogP contribution in [0.4, 0.5) is 13.2 Å². The summed E-state index contributed by atoms with van der Waals surface area (Å²) in [6.07, 6.45) is -4.52. The van der Waals surface area contributed by atoms with E-state index in [9.17, 15) is 22.8 Å². The second-order valence-corrected chi connectivity index (χ2v) is 5.65. The number of carbonyl (C=O) groups is 2. The topological polar surface area (TPSA) is 75.6 Å². The molecule has 1 heterocycles. The van der Waals surface area contributed by atoms with Crippen molar-refractivity contribution in [1.29, 1.82) is 0 Å². The van der Waals surface area contributed by atoms with Crippen molar-refractivity contribution in [2.45, 2.75) is 12.2 Å². The third-order valence-electron chi connectivity index (χ3n) is 2.91. The molecule has 1 aromatic heterocycles. The van der Waals surface area contributed by atoms with Gasteiger partial charge in [-0.3, -0.25) is 4.79 Å². The molecule has 5 nitrogen and oxygen atoms in total. The van der Waals surface area contributed by atoms with Crippen molar-refractivity contribution >= 4 is 23.2 Å². The molecular weight excluding hydrogens is 347 g/mol. The van der Waals surface area contributed by atoms with E-state index < -0.39 is 36.3 Å². The Morgan fingerprint density at radius 2 is 2.00 bits per heavy atom. The van der Waals surface area contributed by atoms with Gasteiger partial charge >= 0.3 is 12.1 Å². The highest BCUT2D eigenvalue weighted by atomic mass is 32.1. The van der Waals surface area contributed by atoms with E-state index in [4.69, 9.17) is 9.84 Å². The first-order valence-electron chi connectivity index (χ1n) is 6.63. The van der Waals surface area contributed by atoms with Gasteiger partial charge in [0.1, 0.15) is 5.75 Å². The van der Waals surface area contributed by atoms with Crippen molar-refractivity contribution in [2.24, 2.45) is 0 Å². The molecule has 0 aliphatic carbocycles. The Morgan fingerprint density at radius 3 is 2.58 bits per heavy atom. The van der Waals surface area contributed by atoms with Crippen LogP contribution in [0.1, 0.15) is 16.5 Å². The van der Waals surface area contributed by atoms with E-state index in [-0.39, 0.29) is 5.75 Å². The first-order chi connectivity index (χ1) is 11.3. The first-order valence-corrected chi connectivity index (χ1v) is 7.51. The van der Waals surface area contributed by atoms with Crippen molar-refractivity contribution in [3.05, 3.63) is 52.2 Å². The third kappa shape index (κ3) is 4.72. The minimum Gasteiger partial charge on any atom is -0.484 e. The van der Waals surface area contributed by atoms with Gasteiger partial charge in [0.2, 0.25) is 0 Å². The van der Waals surface area contributed by atoms with Crippen LogP contribution in [0, 0.1) is 0 Å². The zero-order chi connectivity index (χ0) is 17.7. The zero-order valence-electron chi connectivity index (χ0n) is 12.0. The summed E-state index contributed by atoms with van der Waals surface area (Å²) in [5.74, 6) is -2.14. The van der Waals surface area contributed by atoms with Crippen molar-refractivity contribution < 1.29 is 32.6 Å². The summed E-state index contributed by atoms with van der Waals surface area (Å²) >= 11 is 1.16. The average Bonchev–Trinajstić information content (AvgIpc) is 3.04. The van der Waals surface area contributed by atoms with Gasteiger partial charge in [-0.25, -0.2) is 4.79 Å². The number of carboxylic acids is 1. The molecule has 2 N–H and O–H groups in total. The van der Waals surface area contributed by atoms with Crippen molar-refractivity contribution in [3.8, 4) is 5.75 Å². The Balaban J connectivity index is 1.97. The number of ether oxygens (including phenoxy) is 1. The Labute approximate surface area is 138 Å². The number of amides is 1. The summed E-state index contributed by atoms with van der Waals surface area (Å²) in [5, 5.41) is 13.1. The summed E-state index contributed by atoms with van der Waals surface area (Å²) in [5.41, 5.74) is -0.901. The number of thiophene rings is 1. The number of rotatable bonds is 6. The van der Waals surface area contributed by atoms with Gasteiger partial charge in [-0.2, -0.15) is 13.2 Å². The number of carbonyl (C=O) groups excluding carboxylic acids is 1. The highest BCUT2D eigenvalue weighted by Gasteiger charge is 2.30. The summed E-state index contributed by atoms with van der Waals surface area (Å²) in [6.45, 7) is -0.601. The maximum atomic E-state index is 12.6. The molecule has 1 atom stereocenters. The lowest BCUT2D eigenvalue weighted by atomic mass is 10.2. The summed E-state index contributed by atoms with van der Waals surface area (Å²) in [4.78, 5) is 23.4. The molecule has 0 spiro atoms. The van der Waals surface area contributed by atoms with Crippen molar-refractivity contribution in [2.75, 3.05) is 6.61 Å². The molecule has 2 aromatic rings. The minimum absolute atomic E-state index is 0.136. The zero-order valence-corrected chi connectivity index (χ0v) is 12.9. The second kappa shape index (κ2) is 7.35. The molecule has 0 fully saturated rings. The fourth-order valence-corrected chi connectivity index (χ4v) is 2.59. The standard InChI is InChI=1S/C15H12F3NO4S/c16-15(17,18)9-3-1-4-10(7-9)23-8-12(20)19-13(14(21)22)11-5-2-6-24-11/h1-7,13H,8H2,(H,19,20)(H,21,22). The fourth-order valence-electron chi connectivity index (χ4n) is 1.82. The molecule has 9 heteroatoms. The van der Waals surface area contributed by atoms with E-state index in [0.717, 1.165) is 29.5 Å². The molecule has 1 aromatic carbocycles. The van der Waals surface area contributed by atoms with E-state index in [2.05, 4.69) is 5.32 Å². The Hall–Kier alpha value is -2.55. The maximum absolute atomic E-state index is 12.6. The lowest BCUT2D eigenvalue weighted by Gasteiger charge is -2.14. The molecule has 0 saturated carbocycles. The quantitative estimate of drug-likeness (QED) is 0.831. The Kier molecular flexibility index (Phi) is 5.45. The number of carboxylic acid groups (broad SMARTS) is 1. The van der Waals surface area contributed by atoms with E-state index in [1.54, 1.807) is 17.5 Å². The van der Waals surface area contributed by atoms with Crippen LogP contribution in [0.15, 0.2) is 41.8 Å². The van der Waals surface area contributed by atoms with Gasteiger partial charge in [0.25, 0.3) is 5.91 Å². The number of hydrogen-bond acceptors (Lipinski definition) is 4. The lowest BCUT2D eigenvalue weighted by molar-refractivity contribution is -0.142. The first kappa shape index (κ1) is 17.8. The van der Waals surface area contributed by atoms with Gasteiger partial charge in [0, 0.05) is 4.88 Å². The summed E-state index contributed by atoms with van der Waals surface area (Å²) in [6, 6.07) is 6.03. The number of alkyl halides is 3. The predicted molar refractivity (Wildman–Crippen MR) is 79.8 cm³/mol. The molecule has 0 bridgehead atoms. The van der Waals surface area contributed by atoms with Crippen molar-refractivity contribution in [1.82, 2.24) is 5.32 Å². The maximum Gasteiger partial charge on any atom is 0.416 e. The lowest BCUT2D eigenvalue weighted by Crippen LogP contribution is -2.36. The van der Waals surface area contributed by atoms with Crippen molar-refractivity contribution in [3.63, 3.8) is 0 Å². The molecule has 0 aliphatic rings. The van der Waals surface area contributed by atoms with Crippen LogP contribution in [0.5, 0.6) is 5.75 Å². The normalized spacial score (nSPS) is 12.5. The van der Waals surface area contributed by atoms with Crippen LogP contribution in [-0.2, 0) is 15.8 Å². The Bertz CT molecular complexity index is 716. The molecule has 2 rings (SSSR count). The highest BCUT2D eigenvalue weighted by molar-refractivity contribution is 7.10. The SMILES string of the molecule is O=C(COc1cccc(C(F)(F)F)c1)NC(C(=O)O)c1cccs1. The minimum atomic E-state index is -4.52. The fraction of sp³-hybridized carbons (Fsp3) is 0.200. The number of nitrogens with one attached hydrogen (secondary N) is 1. The van der Waals surface area contributed by atoms with Crippen LogP contribution in [0.2, 0.25) is 0 Å². The summed E-state index contributed by atoms with van der Waals surface area (Å²) < 4.78 is 42.8. The van der Waals surface area contributed by atoms with Crippen LogP contribution < -0.4 is 10.1 Å². The van der Waals surface area contributed by atoms with Gasteiger partial charge in [-0.15, -0.1) is 11.3 Å². The van der Waals surface area contributed by atoms with E-state index in [0.29, 0.717) is 4.88 Å². The number of benzene rings is 1. The largest absolute Gasteiger partial charge is 0.484 e. The van der Waals surface area contributed by atoms with Crippen LogP contribution in [0.3, 0.4) is 0 Å². The average molecular weight is 359 g/mol. The molecular formula is C15H12F3NO4S. The monoisotopic (exact) mass is 359 g/mol. The van der Waals surface area contributed by atoms with Gasteiger partial charge < -0.3 is 15.2 Å². The van der Waals surface area contributed by atoms with Crippen LogP contribution in [0.25, 0.3) is 0 Å². The van der Waals surface area contributed by atoms with Crippen LogP contribution >= 0.6 is 11.3 Å². The number of aliphatic carboxylic acids is 1. The predicted octanol–water partition coefficient (Wildman–Crippen LogP) is 3.09. The number of halogens is 3. The molecule has 1 unspecified atom stereocenters. The van der Waals surface area contributed by atoms with Crippen LogP contribution in [-0.4, -0.2) is 23.6 Å². The van der Waals surface area contributed by atoms with Gasteiger partial charge in [0.05, 0.1) is 5.56 Å². The molecule has 1 amide bonds. The molecule has 0 aliphatic heterocycles. The van der Waals surface area contributed by atoms with E-state index >= 15 is 0 Å². The molecule has 0 saturated heterocycles. The molecule has 0 radical (unpaired) electrons.